The first kappa shape index (κ1) is 30.0. The van der Waals surface area contributed by atoms with Crippen LogP contribution in [0, 0.1) is 18.6 Å². The number of ether oxygens (including phenoxy) is 2. The Kier molecular flexibility index (Phi) is 8.95. The molecular weight excluding hydrogens is 553 g/mol. The summed E-state index contributed by atoms with van der Waals surface area (Å²) in [7, 11) is 1.49. The number of nitrogens with two attached hydrogens (primary N) is 1. The highest BCUT2D eigenvalue weighted by Gasteiger charge is 2.39. The largest absolute Gasteiger partial charge is 0.474 e. The molecule has 4 rings (SSSR count). The molecular formula is C26H30F5N7O3. The number of halogens is 5. The Labute approximate surface area is 232 Å². The van der Waals surface area contributed by atoms with Gasteiger partial charge in [-0.1, -0.05) is 0 Å². The quantitative estimate of drug-likeness (QED) is 0.193. The molecule has 1 aliphatic rings. The van der Waals surface area contributed by atoms with E-state index in [2.05, 4.69) is 30.9 Å². The van der Waals surface area contributed by atoms with Crippen LogP contribution in [-0.4, -0.2) is 60.3 Å². The minimum atomic E-state index is -5.06. The zero-order chi connectivity index (χ0) is 29.9. The van der Waals surface area contributed by atoms with Crippen LogP contribution in [0.2, 0.25) is 0 Å². The fourth-order valence-electron chi connectivity index (χ4n) is 4.42. The van der Waals surface area contributed by atoms with Crippen molar-refractivity contribution in [2.45, 2.75) is 45.4 Å². The lowest BCUT2D eigenvalue weighted by Gasteiger charge is -2.21. The van der Waals surface area contributed by atoms with Gasteiger partial charge in [-0.3, -0.25) is 4.79 Å². The number of nitrogen functional groups attached to an aromatic ring is 1. The second-order valence-electron chi connectivity index (χ2n) is 9.50. The lowest BCUT2D eigenvalue weighted by Crippen LogP contribution is -2.26. The zero-order valence-electron chi connectivity index (χ0n) is 22.6. The molecule has 0 aliphatic carbocycles. The average Bonchev–Trinajstić information content (AvgIpc) is 2.94. The fraction of sp³-hybridized carbons (Fsp3) is 0.462. The highest BCUT2D eigenvalue weighted by atomic mass is 19.4. The van der Waals surface area contributed by atoms with Gasteiger partial charge >= 0.3 is 12.2 Å². The van der Waals surface area contributed by atoms with E-state index in [0.717, 1.165) is 6.92 Å². The van der Waals surface area contributed by atoms with E-state index in [9.17, 15) is 22.4 Å². The topological polar surface area (TPSA) is 136 Å². The van der Waals surface area contributed by atoms with Crippen molar-refractivity contribution in [3.8, 4) is 23.1 Å². The summed E-state index contributed by atoms with van der Waals surface area (Å²) in [4.78, 5) is 24.2. The highest BCUT2D eigenvalue weighted by Crippen LogP contribution is 2.44. The Hall–Kier alpha value is -4.01. The van der Waals surface area contributed by atoms with Crippen molar-refractivity contribution in [3.63, 3.8) is 0 Å². The van der Waals surface area contributed by atoms with Gasteiger partial charge in [0.05, 0.1) is 24.0 Å². The number of anilines is 2. The molecule has 0 saturated carbocycles. The van der Waals surface area contributed by atoms with Crippen LogP contribution in [0.4, 0.5) is 33.5 Å². The molecule has 0 bridgehead atoms. The molecule has 3 heterocycles. The zero-order valence-corrected chi connectivity index (χ0v) is 22.6. The van der Waals surface area contributed by atoms with Gasteiger partial charge in [0, 0.05) is 32.1 Å². The van der Waals surface area contributed by atoms with E-state index < -0.39 is 57.5 Å². The summed E-state index contributed by atoms with van der Waals surface area (Å²) in [5, 5.41) is 8.74. The summed E-state index contributed by atoms with van der Waals surface area (Å²) in [6.07, 6.45) is -4.58. The summed E-state index contributed by atoms with van der Waals surface area (Å²) in [5.41, 5.74) is 0.885. The van der Waals surface area contributed by atoms with Crippen LogP contribution in [-0.2, 0) is 11.0 Å². The van der Waals surface area contributed by atoms with Crippen LogP contribution < -0.4 is 31.2 Å². The predicted molar refractivity (Wildman–Crippen MR) is 142 cm³/mol. The van der Waals surface area contributed by atoms with Crippen molar-refractivity contribution in [2.75, 3.05) is 44.3 Å². The monoisotopic (exact) mass is 583 g/mol. The number of hydrogen-bond acceptors (Lipinski definition) is 9. The lowest BCUT2D eigenvalue weighted by molar-refractivity contribution is -0.137. The third-order valence-corrected chi connectivity index (χ3v) is 6.49. The molecule has 1 atom stereocenters. The summed E-state index contributed by atoms with van der Waals surface area (Å²) in [5.74, 6) is -2.83. The molecule has 1 unspecified atom stereocenters. The molecule has 2 aromatic heterocycles. The Morgan fingerprint density at radius 3 is 2.66 bits per heavy atom. The second kappa shape index (κ2) is 12.2. The summed E-state index contributed by atoms with van der Waals surface area (Å²) in [6.45, 7) is 4.08. The Bertz CT molecular complexity index is 1450. The van der Waals surface area contributed by atoms with Gasteiger partial charge in [0.15, 0.2) is 5.82 Å². The first-order chi connectivity index (χ1) is 19.4. The van der Waals surface area contributed by atoms with Gasteiger partial charge < -0.3 is 31.2 Å². The number of hydrogen-bond donors (Lipinski definition) is 4. The van der Waals surface area contributed by atoms with E-state index in [1.165, 1.54) is 7.05 Å². The molecule has 10 nitrogen and oxygen atoms in total. The molecule has 0 fully saturated rings. The van der Waals surface area contributed by atoms with Gasteiger partial charge in [-0.05, 0) is 44.9 Å². The maximum atomic E-state index is 16.3. The maximum absolute atomic E-state index is 16.3. The van der Waals surface area contributed by atoms with Gasteiger partial charge in [0.2, 0.25) is 11.8 Å². The van der Waals surface area contributed by atoms with E-state index in [0.29, 0.717) is 38.5 Å². The minimum absolute atomic E-state index is 0.00178. The van der Waals surface area contributed by atoms with E-state index in [4.69, 9.17) is 15.2 Å². The van der Waals surface area contributed by atoms with Crippen LogP contribution in [0.15, 0.2) is 6.07 Å². The fourth-order valence-corrected chi connectivity index (χ4v) is 4.42. The molecule has 0 spiro atoms. The van der Waals surface area contributed by atoms with Crippen LogP contribution >= 0.6 is 0 Å². The third-order valence-electron chi connectivity index (χ3n) is 6.49. The molecule has 1 aromatic carbocycles. The number of carbonyl (C=O) groups is 1. The summed E-state index contributed by atoms with van der Waals surface area (Å²) in [6, 6.07) is 0.421. The van der Waals surface area contributed by atoms with Crippen molar-refractivity contribution in [3.05, 3.63) is 28.8 Å². The van der Waals surface area contributed by atoms with Crippen molar-refractivity contribution < 1.29 is 36.2 Å². The van der Waals surface area contributed by atoms with Crippen LogP contribution in [0.3, 0.4) is 0 Å². The van der Waals surface area contributed by atoms with Gasteiger partial charge in [-0.25, -0.2) is 13.8 Å². The van der Waals surface area contributed by atoms with Crippen LogP contribution in [0.1, 0.15) is 37.3 Å². The number of pyridine rings is 1. The van der Waals surface area contributed by atoms with Gasteiger partial charge in [-0.2, -0.15) is 23.1 Å². The standard InChI is InChI=1S/C26H30F5N7O3/c1-12-6-7-34-8-9-35-23-17-22(37-25(38-23)40-10-4-5-16(39)33-3)20(28)21(36-24(17)41-12)14-11-15(32)19(27)13(2)18(14)26(29,30)31/h11-12,34H,4-10,32H2,1-3H3,(H,33,39)(H,35,37,38). The van der Waals surface area contributed by atoms with Crippen molar-refractivity contribution in [1.29, 1.82) is 0 Å². The number of carbonyl (C=O) groups excluding carboxylic acids is 1. The molecule has 0 saturated heterocycles. The number of alkyl halides is 3. The molecule has 15 heteroatoms. The number of nitrogens with zero attached hydrogens (tertiary/aromatic N) is 3. The van der Waals surface area contributed by atoms with Crippen LogP contribution in [0.25, 0.3) is 22.2 Å². The molecule has 222 valence electrons. The van der Waals surface area contributed by atoms with Gasteiger partial charge in [0.1, 0.15) is 28.2 Å². The lowest BCUT2D eigenvalue weighted by atomic mass is 9.96. The Morgan fingerprint density at radius 2 is 1.95 bits per heavy atom. The normalized spacial score (nSPS) is 16.0. The van der Waals surface area contributed by atoms with E-state index in [-0.39, 0.29) is 42.0 Å². The van der Waals surface area contributed by atoms with Gasteiger partial charge in [0.25, 0.3) is 0 Å². The van der Waals surface area contributed by atoms with Crippen molar-refractivity contribution >= 4 is 28.3 Å². The average molecular weight is 584 g/mol. The van der Waals surface area contributed by atoms with Gasteiger partial charge in [-0.15, -0.1) is 0 Å². The molecule has 3 aromatic rings. The Balaban J connectivity index is 1.96. The Morgan fingerprint density at radius 1 is 1.20 bits per heavy atom. The summed E-state index contributed by atoms with van der Waals surface area (Å²) < 4.78 is 84.8. The number of rotatable bonds is 6. The van der Waals surface area contributed by atoms with E-state index >= 15 is 4.39 Å². The van der Waals surface area contributed by atoms with Crippen LogP contribution in [0.5, 0.6) is 11.9 Å². The van der Waals surface area contributed by atoms with E-state index in [1.54, 1.807) is 6.92 Å². The molecule has 1 aliphatic heterocycles. The molecule has 5 N–H and O–H groups in total. The third kappa shape index (κ3) is 6.50. The SMILES string of the molecule is CNC(=O)CCCOc1nc2c3c(nc(-c4cc(N)c(F)c(C)c4C(F)(F)F)c(F)c3n1)OC(C)CCNCCN2. The first-order valence-electron chi connectivity index (χ1n) is 12.9. The molecule has 0 radical (unpaired) electrons. The van der Waals surface area contributed by atoms with Crippen molar-refractivity contribution in [2.24, 2.45) is 0 Å². The van der Waals surface area contributed by atoms with E-state index in [1.807, 2.05) is 0 Å². The smallest absolute Gasteiger partial charge is 0.417 e. The molecule has 1 amide bonds. The maximum Gasteiger partial charge on any atom is 0.417 e. The molecule has 41 heavy (non-hydrogen) atoms. The van der Waals surface area contributed by atoms with Crippen molar-refractivity contribution in [1.82, 2.24) is 25.6 Å². The number of nitrogens with one attached hydrogen (secondary N) is 3. The number of benzene rings is 1. The highest BCUT2D eigenvalue weighted by molar-refractivity contribution is 5.96. The minimum Gasteiger partial charge on any atom is -0.474 e. The number of amides is 1. The summed E-state index contributed by atoms with van der Waals surface area (Å²) >= 11 is 0. The number of aromatic nitrogens is 3. The second-order valence-corrected chi connectivity index (χ2v) is 9.50. The predicted octanol–water partition coefficient (Wildman–Crippen LogP) is 3.96. The first-order valence-corrected chi connectivity index (χ1v) is 12.9.